The number of nitrogens with two attached hydrogens (primary N) is 1. The molecule has 1 aromatic heterocycles. The lowest BCUT2D eigenvalue weighted by atomic mass is 10.3. The lowest BCUT2D eigenvalue weighted by Crippen LogP contribution is -2.28. The molecule has 1 aromatic rings. The maximum Gasteiger partial charge on any atom is 0.245 e. The topological polar surface area (TPSA) is 119 Å². The summed E-state index contributed by atoms with van der Waals surface area (Å²) in [5.41, 5.74) is 5.53. The van der Waals surface area contributed by atoms with E-state index < -0.39 is 10.0 Å². The largest absolute Gasteiger partial charge is 0.381 e. The van der Waals surface area contributed by atoms with Gasteiger partial charge in [-0.25, -0.2) is 13.1 Å². The maximum absolute atomic E-state index is 12.0. The quantitative estimate of drug-likeness (QED) is 0.578. The summed E-state index contributed by atoms with van der Waals surface area (Å²) in [5, 5.41) is 6.63. The zero-order chi connectivity index (χ0) is 14.8. The molecule has 0 saturated heterocycles. The third kappa shape index (κ3) is 3.94. The Hall–Kier alpha value is -1.61. The van der Waals surface area contributed by atoms with E-state index in [0.29, 0.717) is 18.9 Å². The van der Waals surface area contributed by atoms with Crippen molar-refractivity contribution in [1.29, 1.82) is 0 Å². The van der Waals surface area contributed by atoms with Crippen molar-refractivity contribution in [1.82, 2.24) is 19.8 Å². The number of anilines is 1. The Kier molecular flexibility index (Phi) is 4.29. The number of nitrogens with zero attached hydrogens (tertiary/aromatic N) is 2. The minimum absolute atomic E-state index is 0.0346. The molecule has 0 bridgehead atoms. The van der Waals surface area contributed by atoms with Crippen molar-refractivity contribution in [3.8, 4) is 0 Å². The number of rotatable bonds is 7. The Morgan fingerprint density at radius 1 is 1.55 bits per heavy atom. The molecule has 0 aromatic carbocycles. The van der Waals surface area contributed by atoms with Gasteiger partial charge in [-0.1, -0.05) is 0 Å². The highest BCUT2D eigenvalue weighted by Gasteiger charge is 2.23. The Balaban J connectivity index is 1.77. The molecule has 0 radical (unpaired) electrons. The summed E-state index contributed by atoms with van der Waals surface area (Å²) in [6.07, 6.45) is 4.17. The third-order valence-electron chi connectivity index (χ3n) is 2.93. The van der Waals surface area contributed by atoms with Gasteiger partial charge in [0.15, 0.2) is 5.82 Å². The first-order chi connectivity index (χ1) is 9.38. The average Bonchev–Trinajstić information content (AvgIpc) is 3.08. The van der Waals surface area contributed by atoms with Crippen molar-refractivity contribution in [2.45, 2.75) is 36.6 Å². The number of nitrogen functional groups attached to an aromatic ring is 1. The number of aryl methyl sites for hydroxylation is 1. The molecule has 0 atom stereocenters. The van der Waals surface area contributed by atoms with Gasteiger partial charge in [0.05, 0.1) is 0 Å². The standard InChI is InChI=1S/C11H19N5O3S/c1-16-7-9(11(12)15-16)20(18,19)13-6-2-3-10(17)14-8-4-5-8/h7-8,13H,2-6H2,1H3,(H2,12,15)(H,14,17). The van der Waals surface area contributed by atoms with Gasteiger partial charge in [-0.3, -0.25) is 9.48 Å². The second-order valence-electron chi connectivity index (χ2n) is 4.90. The molecule has 8 nitrogen and oxygen atoms in total. The monoisotopic (exact) mass is 301 g/mol. The van der Waals surface area contributed by atoms with Gasteiger partial charge in [-0.2, -0.15) is 5.10 Å². The summed E-state index contributed by atoms with van der Waals surface area (Å²) in [6.45, 7) is 0.189. The molecule has 0 spiro atoms. The molecule has 1 amide bonds. The van der Waals surface area contributed by atoms with Crippen molar-refractivity contribution in [3.05, 3.63) is 6.20 Å². The summed E-state index contributed by atoms with van der Waals surface area (Å²) in [7, 11) is -2.07. The Morgan fingerprint density at radius 2 is 2.25 bits per heavy atom. The van der Waals surface area contributed by atoms with Crippen LogP contribution in [0.2, 0.25) is 0 Å². The number of hydrogen-bond acceptors (Lipinski definition) is 5. The lowest BCUT2D eigenvalue weighted by Gasteiger charge is -2.06. The Morgan fingerprint density at radius 3 is 2.80 bits per heavy atom. The first kappa shape index (κ1) is 14.8. The van der Waals surface area contributed by atoms with Gasteiger partial charge in [0.1, 0.15) is 4.90 Å². The van der Waals surface area contributed by atoms with Gasteiger partial charge in [0.2, 0.25) is 15.9 Å². The van der Waals surface area contributed by atoms with Gasteiger partial charge in [0, 0.05) is 32.3 Å². The van der Waals surface area contributed by atoms with Crippen molar-refractivity contribution in [3.63, 3.8) is 0 Å². The molecule has 4 N–H and O–H groups in total. The van der Waals surface area contributed by atoms with Gasteiger partial charge >= 0.3 is 0 Å². The summed E-state index contributed by atoms with van der Waals surface area (Å²) < 4.78 is 27.7. The molecule has 0 unspecified atom stereocenters. The third-order valence-corrected chi connectivity index (χ3v) is 4.40. The SMILES string of the molecule is Cn1cc(S(=O)(=O)NCCCC(=O)NC2CC2)c(N)n1. The fraction of sp³-hybridized carbons (Fsp3) is 0.636. The molecular formula is C11H19N5O3S. The van der Waals surface area contributed by atoms with E-state index in [2.05, 4.69) is 15.1 Å². The van der Waals surface area contributed by atoms with E-state index in [1.807, 2.05) is 0 Å². The number of carbonyl (C=O) groups excluding carboxylic acids is 1. The van der Waals surface area contributed by atoms with Crippen molar-refractivity contribution in [2.75, 3.05) is 12.3 Å². The Labute approximate surface area is 117 Å². The van der Waals surface area contributed by atoms with Gasteiger partial charge in [-0.15, -0.1) is 0 Å². The molecule has 2 rings (SSSR count). The van der Waals surface area contributed by atoms with Crippen LogP contribution in [0.25, 0.3) is 0 Å². The van der Waals surface area contributed by atoms with Crippen LogP contribution in [0.5, 0.6) is 0 Å². The number of carbonyl (C=O) groups is 1. The summed E-state index contributed by atoms with van der Waals surface area (Å²) in [6, 6.07) is 0.328. The summed E-state index contributed by atoms with van der Waals surface area (Å²) >= 11 is 0. The second-order valence-corrected chi connectivity index (χ2v) is 6.63. The van der Waals surface area contributed by atoms with Crippen molar-refractivity contribution in [2.24, 2.45) is 7.05 Å². The van der Waals surface area contributed by atoms with Crippen molar-refractivity contribution >= 4 is 21.7 Å². The van der Waals surface area contributed by atoms with Gasteiger partial charge in [-0.05, 0) is 19.3 Å². The van der Waals surface area contributed by atoms with Crippen LogP contribution in [-0.2, 0) is 21.9 Å². The van der Waals surface area contributed by atoms with Crippen LogP contribution < -0.4 is 15.8 Å². The molecule has 1 saturated carbocycles. The molecule has 1 aliphatic rings. The van der Waals surface area contributed by atoms with Crippen molar-refractivity contribution < 1.29 is 13.2 Å². The zero-order valence-electron chi connectivity index (χ0n) is 11.3. The molecule has 1 heterocycles. The van der Waals surface area contributed by atoms with Crippen LogP contribution in [0.15, 0.2) is 11.1 Å². The van der Waals surface area contributed by atoms with E-state index in [1.54, 1.807) is 7.05 Å². The molecule has 20 heavy (non-hydrogen) atoms. The molecule has 9 heteroatoms. The van der Waals surface area contributed by atoms with Gasteiger partial charge < -0.3 is 11.1 Å². The van der Waals surface area contributed by atoms with Crippen LogP contribution in [0.3, 0.4) is 0 Å². The highest BCUT2D eigenvalue weighted by atomic mass is 32.2. The predicted molar refractivity (Wildman–Crippen MR) is 73.2 cm³/mol. The molecule has 1 fully saturated rings. The smallest absolute Gasteiger partial charge is 0.245 e. The number of sulfonamides is 1. The predicted octanol–water partition coefficient (Wildman–Crippen LogP) is -0.661. The normalized spacial score (nSPS) is 15.2. The van der Waals surface area contributed by atoms with E-state index in [0.717, 1.165) is 12.8 Å². The minimum atomic E-state index is -3.67. The van der Waals surface area contributed by atoms with E-state index in [-0.39, 0.29) is 23.2 Å². The average molecular weight is 301 g/mol. The number of amides is 1. The van der Waals surface area contributed by atoms with Crippen LogP contribution in [0.4, 0.5) is 5.82 Å². The number of aromatic nitrogens is 2. The van der Waals surface area contributed by atoms with Crippen LogP contribution in [0.1, 0.15) is 25.7 Å². The summed E-state index contributed by atoms with van der Waals surface area (Å²) in [5.74, 6) is -0.0703. The van der Waals surface area contributed by atoms with Crippen LogP contribution in [-0.4, -0.2) is 36.7 Å². The molecule has 1 aliphatic carbocycles. The highest BCUT2D eigenvalue weighted by Crippen LogP contribution is 2.18. The van der Waals surface area contributed by atoms with E-state index in [1.165, 1.54) is 10.9 Å². The lowest BCUT2D eigenvalue weighted by molar-refractivity contribution is -0.121. The fourth-order valence-electron chi connectivity index (χ4n) is 1.75. The van der Waals surface area contributed by atoms with Gasteiger partial charge in [0.25, 0.3) is 0 Å². The Bertz CT molecular complexity index is 591. The second kappa shape index (κ2) is 5.80. The molecule has 112 valence electrons. The number of hydrogen-bond donors (Lipinski definition) is 3. The number of nitrogens with one attached hydrogen (secondary N) is 2. The van der Waals surface area contributed by atoms with Crippen LogP contribution in [0, 0.1) is 0 Å². The first-order valence-electron chi connectivity index (χ1n) is 6.46. The van der Waals surface area contributed by atoms with E-state index >= 15 is 0 Å². The van der Waals surface area contributed by atoms with Crippen LogP contribution >= 0.6 is 0 Å². The fourth-order valence-corrected chi connectivity index (χ4v) is 2.93. The maximum atomic E-state index is 12.0. The molecular weight excluding hydrogens is 282 g/mol. The van der Waals surface area contributed by atoms with E-state index in [9.17, 15) is 13.2 Å². The zero-order valence-corrected chi connectivity index (χ0v) is 12.1. The minimum Gasteiger partial charge on any atom is -0.381 e. The summed E-state index contributed by atoms with van der Waals surface area (Å²) in [4.78, 5) is 11.4. The molecule has 0 aliphatic heterocycles. The highest BCUT2D eigenvalue weighted by molar-refractivity contribution is 7.89. The van der Waals surface area contributed by atoms with E-state index in [4.69, 9.17) is 5.73 Å². The first-order valence-corrected chi connectivity index (χ1v) is 7.95.